The maximum atomic E-state index is 4.06. The zero-order valence-electron chi connectivity index (χ0n) is 6.82. The minimum atomic E-state index is 0.635. The predicted octanol–water partition coefficient (Wildman–Crippen LogP) is 1.70. The Morgan fingerprint density at radius 2 is 2.18 bits per heavy atom. The molecule has 0 radical (unpaired) electrons. The van der Waals surface area contributed by atoms with Crippen LogP contribution in [0, 0.1) is 6.92 Å². The van der Waals surface area contributed by atoms with Crippen LogP contribution in [0.25, 0.3) is 0 Å². The van der Waals surface area contributed by atoms with Crippen LogP contribution in [0.15, 0.2) is 6.20 Å². The fourth-order valence-electron chi connectivity index (χ4n) is 1.71. The van der Waals surface area contributed by atoms with Crippen molar-refractivity contribution in [3.63, 3.8) is 0 Å². The molecule has 0 N–H and O–H groups in total. The van der Waals surface area contributed by atoms with Gasteiger partial charge in [0.25, 0.3) is 0 Å². The summed E-state index contributed by atoms with van der Waals surface area (Å²) in [7, 11) is 0. The Bertz CT molecular complexity index is 235. The molecule has 3 heteroatoms. The van der Waals surface area contributed by atoms with Crippen LogP contribution in [0.3, 0.4) is 0 Å². The van der Waals surface area contributed by atoms with Crippen LogP contribution >= 0.6 is 0 Å². The lowest BCUT2D eigenvalue weighted by Crippen LogP contribution is -2.04. The van der Waals surface area contributed by atoms with Gasteiger partial charge in [0.2, 0.25) is 0 Å². The van der Waals surface area contributed by atoms with E-state index in [1.807, 2.05) is 17.8 Å². The van der Waals surface area contributed by atoms with Gasteiger partial charge in [-0.05, 0) is 19.8 Å². The molecular formula is C8H13N3. The molecule has 1 aromatic rings. The van der Waals surface area contributed by atoms with Crippen LogP contribution in [0.1, 0.15) is 37.4 Å². The Balaban J connectivity index is 2.15. The van der Waals surface area contributed by atoms with Gasteiger partial charge in [-0.25, -0.2) is 4.68 Å². The Morgan fingerprint density at radius 3 is 2.73 bits per heavy atom. The van der Waals surface area contributed by atoms with Crippen LogP contribution in [0.5, 0.6) is 0 Å². The van der Waals surface area contributed by atoms with Crippen LogP contribution in [0.2, 0.25) is 0 Å². The summed E-state index contributed by atoms with van der Waals surface area (Å²) in [5.41, 5.74) is 1.02. The highest BCUT2D eigenvalue weighted by molar-refractivity contribution is 4.89. The van der Waals surface area contributed by atoms with Crippen molar-refractivity contribution in [3.8, 4) is 0 Å². The molecule has 11 heavy (non-hydrogen) atoms. The van der Waals surface area contributed by atoms with Crippen molar-refractivity contribution in [1.29, 1.82) is 0 Å². The first-order valence-electron chi connectivity index (χ1n) is 4.25. The third-order valence-electron chi connectivity index (χ3n) is 2.32. The maximum absolute atomic E-state index is 4.06. The monoisotopic (exact) mass is 151 g/mol. The van der Waals surface area contributed by atoms with Crippen molar-refractivity contribution in [1.82, 2.24) is 15.0 Å². The number of hydrogen-bond donors (Lipinski definition) is 0. The van der Waals surface area contributed by atoms with E-state index < -0.39 is 0 Å². The topological polar surface area (TPSA) is 30.7 Å². The van der Waals surface area contributed by atoms with Gasteiger partial charge in [-0.3, -0.25) is 0 Å². The molecule has 1 aliphatic rings. The second kappa shape index (κ2) is 2.64. The van der Waals surface area contributed by atoms with Crippen molar-refractivity contribution >= 4 is 0 Å². The average Bonchev–Trinajstić information content (AvgIpc) is 2.55. The number of rotatable bonds is 1. The fraction of sp³-hybridized carbons (Fsp3) is 0.750. The molecule has 0 atom stereocenters. The largest absolute Gasteiger partial charge is 0.249 e. The van der Waals surface area contributed by atoms with Gasteiger partial charge in [-0.15, -0.1) is 5.10 Å². The molecule has 0 saturated heterocycles. The lowest BCUT2D eigenvalue weighted by atomic mass is 10.3. The van der Waals surface area contributed by atoms with E-state index >= 15 is 0 Å². The average molecular weight is 151 g/mol. The third kappa shape index (κ3) is 1.27. The van der Waals surface area contributed by atoms with E-state index in [0.717, 1.165) is 5.69 Å². The van der Waals surface area contributed by atoms with Gasteiger partial charge < -0.3 is 0 Å². The van der Waals surface area contributed by atoms with Crippen LogP contribution in [0.4, 0.5) is 0 Å². The Kier molecular flexibility index (Phi) is 1.64. The molecule has 2 rings (SSSR count). The third-order valence-corrected chi connectivity index (χ3v) is 2.32. The Labute approximate surface area is 66.4 Å². The SMILES string of the molecule is Cc1cn(C2CCCC2)nn1. The first-order valence-corrected chi connectivity index (χ1v) is 4.25. The van der Waals surface area contributed by atoms with E-state index in [2.05, 4.69) is 10.3 Å². The minimum absolute atomic E-state index is 0.635. The minimum Gasteiger partial charge on any atom is -0.249 e. The number of aromatic nitrogens is 3. The van der Waals surface area contributed by atoms with Gasteiger partial charge in [0.1, 0.15) is 0 Å². The molecule has 0 unspecified atom stereocenters. The summed E-state index contributed by atoms with van der Waals surface area (Å²) in [6.07, 6.45) is 7.30. The summed E-state index contributed by atoms with van der Waals surface area (Å²) in [5, 5.41) is 8.04. The second-order valence-electron chi connectivity index (χ2n) is 3.28. The van der Waals surface area contributed by atoms with Gasteiger partial charge in [-0.2, -0.15) is 0 Å². The molecule has 0 spiro atoms. The quantitative estimate of drug-likeness (QED) is 0.611. The molecule has 0 aliphatic heterocycles. The van der Waals surface area contributed by atoms with E-state index in [-0.39, 0.29) is 0 Å². The van der Waals surface area contributed by atoms with E-state index in [1.165, 1.54) is 25.7 Å². The predicted molar refractivity (Wildman–Crippen MR) is 42.3 cm³/mol. The molecule has 1 heterocycles. The summed E-state index contributed by atoms with van der Waals surface area (Å²) in [5.74, 6) is 0. The molecule has 0 bridgehead atoms. The highest BCUT2D eigenvalue weighted by Crippen LogP contribution is 2.28. The standard InChI is InChI=1S/C8H13N3/c1-7-6-11(10-9-7)8-4-2-3-5-8/h6,8H,2-5H2,1H3. The Morgan fingerprint density at radius 1 is 1.45 bits per heavy atom. The molecule has 1 fully saturated rings. The number of hydrogen-bond acceptors (Lipinski definition) is 2. The van der Waals surface area contributed by atoms with Crippen molar-refractivity contribution in [2.75, 3.05) is 0 Å². The first-order chi connectivity index (χ1) is 5.36. The van der Waals surface area contributed by atoms with Crippen LogP contribution in [-0.2, 0) is 0 Å². The van der Waals surface area contributed by atoms with Crippen molar-refractivity contribution in [3.05, 3.63) is 11.9 Å². The molecule has 1 saturated carbocycles. The lowest BCUT2D eigenvalue weighted by Gasteiger charge is -2.06. The van der Waals surface area contributed by atoms with Gasteiger partial charge in [0.15, 0.2) is 0 Å². The lowest BCUT2D eigenvalue weighted by molar-refractivity contribution is 0.454. The summed E-state index contributed by atoms with van der Waals surface area (Å²) in [6.45, 7) is 1.98. The van der Waals surface area contributed by atoms with E-state index in [9.17, 15) is 0 Å². The molecule has 3 nitrogen and oxygen atoms in total. The maximum Gasteiger partial charge on any atom is 0.0796 e. The molecule has 0 amide bonds. The summed E-state index contributed by atoms with van der Waals surface area (Å²) in [4.78, 5) is 0. The fourth-order valence-corrected chi connectivity index (χ4v) is 1.71. The summed E-state index contributed by atoms with van der Waals surface area (Å²) in [6, 6.07) is 0.635. The summed E-state index contributed by atoms with van der Waals surface area (Å²) < 4.78 is 2.02. The molecule has 0 aromatic carbocycles. The number of nitrogens with zero attached hydrogens (tertiary/aromatic N) is 3. The molecular weight excluding hydrogens is 138 g/mol. The highest BCUT2D eigenvalue weighted by Gasteiger charge is 2.17. The second-order valence-corrected chi connectivity index (χ2v) is 3.28. The van der Waals surface area contributed by atoms with Gasteiger partial charge in [-0.1, -0.05) is 18.1 Å². The van der Waals surface area contributed by atoms with E-state index in [0.29, 0.717) is 6.04 Å². The van der Waals surface area contributed by atoms with Crippen LogP contribution < -0.4 is 0 Å². The normalized spacial score (nSPS) is 19.4. The smallest absolute Gasteiger partial charge is 0.0796 e. The summed E-state index contributed by atoms with van der Waals surface area (Å²) >= 11 is 0. The molecule has 1 aromatic heterocycles. The van der Waals surface area contributed by atoms with Crippen molar-refractivity contribution in [2.24, 2.45) is 0 Å². The van der Waals surface area contributed by atoms with E-state index in [1.54, 1.807) is 0 Å². The Hall–Kier alpha value is -0.860. The van der Waals surface area contributed by atoms with Gasteiger partial charge in [0, 0.05) is 6.20 Å². The zero-order valence-corrected chi connectivity index (χ0v) is 6.82. The number of aryl methyl sites for hydroxylation is 1. The first kappa shape index (κ1) is 6.83. The van der Waals surface area contributed by atoms with Crippen molar-refractivity contribution in [2.45, 2.75) is 38.6 Å². The van der Waals surface area contributed by atoms with E-state index in [4.69, 9.17) is 0 Å². The van der Waals surface area contributed by atoms with Gasteiger partial charge >= 0.3 is 0 Å². The van der Waals surface area contributed by atoms with Gasteiger partial charge in [0.05, 0.1) is 11.7 Å². The highest BCUT2D eigenvalue weighted by atomic mass is 15.4. The molecule has 1 aliphatic carbocycles. The zero-order chi connectivity index (χ0) is 7.68. The van der Waals surface area contributed by atoms with Crippen LogP contribution in [-0.4, -0.2) is 15.0 Å². The molecule has 60 valence electrons. The van der Waals surface area contributed by atoms with Crippen molar-refractivity contribution < 1.29 is 0 Å².